The van der Waals surface area contributed by atoms with E-state index in [0.717, 1.165) is 5.69 Å². The summed E-state index contributed by atoms with van der Waals surface area (Å²) in [5.74, 6) is 1.50. The van der Waals surface area contributed by atoms with Crippen molar-refractivity contribution in [3.8, 4) is 17.4 Å². The number of carbonyl (C=O) groups excluding carboxylic acids is 1. The second kappa shape index (κ2) is 8.41. The summed E-state index contributed by atoms with van der Waals surface area (Å²) in [5, 5.41) is 0. The predicted octanol–water partition coefficient (Wildman–Crippen LogP) is 3.17. The molecule has 7 nitrogen and oxygen atoms in total. The van der Waals surface area contributed by atoms with Gasteiger partial charge in [0.05, 0.1) is 6.54 Å². The predicted molar refractivity (Wildman–Crippen MR) is 112 cm³/mol. The van der Waals surface area contributed by atoms with Crippen molar-refractivity contribution in [2.75, 3.05) is 13.1 Å². The first-order valence-corrected chi connectivity index (χ1v) is 9.82. The molecule has 1 saturated heterocycles. The lowest BCUT2D eigenvalue weighted by atomic mass is 10.2. The van der Waals surface area contributed by atoms with Crippen molar-refractivity contribution in [3.63, 3.8) is 0 Å². The van der Waals surface area contributed by atoms with E-state index in [9.17, 15) is 9.59 Å². The second-order valence-electron chi connectivity index (χ2n) is 7.31. The lowest BCUT2D eigenvalue weighted by molar-refractivity contribution is 0.0772. The Morgan fingerprint density at radius 1 is 1.10 bits per heavy atom. The van der Waals surface area contributed by atoms with E-state index in [-0.39, 0.29) is 17.6 Å². The van der Waals surface area contributed by atoms with E-state index in [2.05, 4.69) is 4.98 Å². The number of rotatable bonds is 5. The minimum atomic E-state index is -0.145. The molecule has 0 saturated carbocycles. The van der Waals surface area contributed by atoms with Crippen molar-refractivity contribution >= 4 is 5.91 Å². The van der Waals surface area contributed by atoms with Crippen molar-refractivity contribution < 1.29 is 14.3 Å². The highest BCUT2D eigenvalue weighted by molar-refractivity contribution is 5.94. The third-order valence-corrected chi connectivity index (χ3v) is 5.15. The third-order valence-electron chi connectivity index (χ3n) is 5.15. The Morgan fingerprint density at radius 3 is 2.73 bits per heavy atom. The summed E-state index contributed by atoms with van der Waals surface area (Å²) in [5.41, 5.74) is 1.27. The number of hydrogen-bond donors (Lipinski definition) is 0. The summed E-state index contributed by atoms with van der Waals surface area (Å²) < 4.78 is 13.3. The quantitative estimate of drug-likeness (QED) is 0.652. The number of ether oxygens (including phenoxy) is 2. The Hall–Kier alpha value is -3.61. The average Bonchev–Trinajstić information content (AvgIpc) is 3.21. The van der Waals surface area contributed by atoms with E-state index in [1.165, 1.54) is 6.07 Å². The molecule has 0 radical (unpaired) electrons. The third kappa shape index (κ3) is 4.35. The molecule has 1 aliphatic rings. The zero-order valence-electron chi connectivity index (χ0n) is 16.9. The standard InChI is InChI=1S/C23H23N3O4/c1-16-12-20(14-22(27)25(16)2)29-19-9-11-26(15-19)23(28)17-6-5-7-18(13-17)30-21-8-3-4-10-24-21/h3-8,10,12-14,19H,9,11,15H2,1-2H3. The van der Waals surface area contributed by atoms with Crippen LogP contribution in [0.4, 0.5) is 0 Å². The van der Waals surface area contributed by atoms with Gasteiger partial charge in [0.15, 0.2) is 0 Å². The number of nitrogens with zero attached hydrogens (tertiary/aromatic N) is 3. The number of aromatic nitrogens is 2. The number of hydrogen-bond acceptors (Lipinski definition) is 5. The highest BCUT2D eigenvalue weighted by Crippen LogP contribution is 2.23. The van der Waals surface area contributed by atoms with Crippen LogP contribution in [0.5, 0.6) is 17.4 Å². The maximum absolute atomic E-state index is 12.9. The number of benzene rings is 1. The van der Waals surface area contributed by atoms with Crippen LogP contribution in [0.15, 0.2) is 65.6 Å². The summed E-state index contributed by atoms with van der Waals surface area (Å²) in [7, 11) is 1.73. The Labute approximate surface area is 174 Å². The molecule has 0 spiro atoms. The monoisotopic (exact) mass is 405 g/mol. The van der Waals surface area contributed by atoms with E-state index < -0.39 is 0 Å². The smallest absolute Gasteiger partial charge is 0.254 e. The molecule has 0 N–H and O–H groups in total. The topological polar surface area (TPSA) is 73.7 Å². The van der Waals surface area contributed by atoms with E-state index in [0.29, 0.717) is 42.5 Å². The van der Waals surface area contributed by atoms with Crippen molar-refractivity contribution in [1.29, 1.82) is 0 Å². The molecule has 4 rings (SSSR count). The van der Waals surface area contributed by atoms with Crippen LogP contribution in [-0.2, 0) is 7.05 Å². The molecule has 3 heterocycles. The van der Waals surface area contributed by atoms with Gasteiger partial charge in [0.1, 0.15) is 17.6 Å². The molecule has 1 aliphatic heterocycles. The van der Waals surface area contributed by atoms with Gasteiger partial charge < -0.3 is 18.9 Å². The molecule has 3 aromatic rings. The van der Waals surface area contributed by atoms with Gasteiger partial charge >= 0.3 is 0 Å². The molecule has 2 aromatic heterocycles. The average molecular weight is 405 g/mol. The summed E-state index contributed by atoms with van der Waals surface area (Å²) in [6.45, 7) is 2.93. The van der Waals surface area contributed by atoms with Crippen LogP contribution in [0.3, 0.4) is 0 Å². The molecule has 7 heteroatoms. The molecule has 30 heavy (non-hydrogen) atoms. The number of pyridine rings is 2. The zero-order valence-corrected chi connectivity index (χ0v) is 16.9. The number of amides is 1. The maximum Gasteiger partial charge on any atom is 0.254 e. The molecular formula is C23H23N3O4. The van der Waals surface area contributed by atoms with Gasteiger partial charge in [-0.25, -0.2) is 4.98 Å². The van der Waals surface area contributed by atoms with Crippen LogP contribution in [0.1, 0.15) is 22.5 Å². The Balaban J connectivity index is 1.41. The first kappa shape index (κ1) is 19.7. The van der Waals surface area contributed by atoms with E-state index in [4.69, 9.17) is 9.47 Å². The van der Waals surface area contributed by atoms with E-state index in [1.807, 2.05) is 25.1 Å². The number of likely N-dealkylation sites (tertiary alicyclic amines) is 1. The van der Waals surface area contributed by atoms with Gasteiger partial charge in [-0.3, -0.25) is 9.59 Å². The van der Waals surface area contributed by atoms with Gasteiger partial charge in [0.2, 0.25) is 5.88 Å². The maximum atomic E-state index is 12.9. The fourth-order valence-corrected chi connectivity index (χ4v) is 3.41. The second-order valence-corrected chi connectivity index (χ2v) is 7.31. The molecule has 0 bridgehead atoms. The Kier molecular flexibility index (Phi) is 5.52. The largest absolute Gasteiger partial charge is 0.488 e. The summed E-state index contributed by atoms with van der Waals surface area (Å²) in [4.78, 5) is 30.8. The summed E-state index contributed by atoms with van der Waals surface area (Å²) in [6.07, 6.45) is 2.22. The van der Waals surface area contributed by atoms with Gasteiger partial charge in [-0.05, 0) is 37.3 Å². The lowest BCUT2D eigenvalue weighted by Crippen LogP contribution is -2.31. The van der Waals surface area contributed by atoms with Crippen LogP contribution >= 0.6 is 0 Å². The molecule has 154 valence electrons. The molecule has 1 atom stereocenters. The first-order valence-electron chi connectivity index (χ1n) is 9.82. The number of carbonyl (C=O) groups is 1. The van der Waals surface area contributed by atoms with Crippen LogP contribution in [0, 0.1) is 6.92 Å². The molecule has 1 aromatic carbocycles. The molecular weight excluding hydrogens is 382 g/mol. The van der Waals surface area contributed by atoms with Gasteiger partial charge in [-0.2, -0.15) is 0 Å². The number of aryl methyl sites for hydroxylation is 1. The van der Waals surface area contributed by atoms with Gasteiger partial charge in [0.25, 0.3) is 11.5 Å². The molecule has 1 fully saturated rings. The molecule has 1 unspecified atom stereocenters. The fraction of sp³-hybridized carbons (Fsp3) is 0.261. The first-order chi connectivity index (χ1) is 14.5. The van der Waals surface area contributed by atoms with Crippen LogP contribution in [0.2, 0.25) is 0 Å². The normalized spacial score (nSPS) is 15.8. The van der Waals surface area contributed by atoms with Crippen LogP contribution in [-0.4, -0.2) is 39.6 Å². The van der Waals surface area contributed by atoms with Gasteiger partial charge in [-0.15, -0.1) is 0 Å². The lowest BCUT2D eigenvalue weighted by Gasteiger charge is -2.18. The van der Waals surface area contributed by atoms with Crippen molar-refractivity contribution in [2.45, 2.75) is 19.4 Å². The highest BCUT2D eigenvalue weighted by Gasteiger charge is 2.28. The molecule has 0 aliphatic carbocycles. The van der Waals surface area contributed by atoms with Crippen molar-refractivity contribution in [2.24, 2.45) is 7.05 Å². The molecule has 1 amide bonds. The SMILES string of the molecule is Cc1cc(OC2CCN(C(=O)c3cccc(Oc4ccccn4)c3)C2)cc(=O)n1C. The van der Waals surface area contributed by atoms with E-state index >= 15 is 0 Å². The fourth-order valence-electron chi connectivity index (χ4n) is 3.41. The zero-order chi connectivity index (χ0) is 21.1. The van der Waals surface area contributed by atoms with Crippen molar-refractivity contribution in [1.82, 2.24) is 14.5 Å². The van der Waals surface area contributed by atoms with Crippen LogP contribution in [0.25, 0.3) is 0 Å². The highest BCUT2D eigenvalue weighted by atomic mass is 16.5. The minimum absolute atomic E-state index is 0.0762. The van der Waals surface area contributed by atoms with Crippen molar-refractivity contribution in [3.05, 3.63) is 82.4 Å². The Bertz CT molecular complexity index is 1110. The summed E-state index contributed by atoms with van der Waals surface area (Å²) in [6, 6.07) is 15.8. The summed E-state index contributed by atoms with van der Waals surface area (Å²) >= 11 is 0. The van der Waals surface area contributed by atoms with Crippen LogP contribution < -0.4 is 15.0 Å². The minimum Gasteiger partial charge on any atom is -0.488 e. The van der Waals surface area contributed by atoms with E-state index in [1.54, 1.807) is 53.0 Å². The Morgan fingerprint density at radius 2 is 1.97 bits per heavy atom. The van der Waals surface area contributed by atoms with Gasteiger partial charge in [-0.1, -0.05) is 12.1 Å². The van der Waals surface area contributed by atoms with Gasteiger partial charge in [0, 0.05) is 49.6 Å².